The van der Waals surface area contributed by atoms with Crippen molar-refractivity contribution in [1.82, 2.24) is 4.98 Å². The second-order valence-corrected chi connectivity index (χ2v) is 7.87. The van der Waals surface area contributed by atoms with Crippen LogP contribution < -0.4 is 0 Å². The summed E-state index contributed by atoms with van der Waals surface area (Å²) >= 11 is 0. The summed E-state index contributed by atoms with van der Waals surface area (Å²) in [6.45, 7) is 3.89. The van der Waals surface area contributed by atoms with Gasteiger partial charge in [-0.05, 0) is 36.3 Å². The number of rotatable bonds is 2. The zero-order chi connectivity index (χ0) is 15.7. The lowest BCUT2D eigenvalue weighted by atomic mass is 9.70. The topological polar surface area (TPSA) is 84.3 Å². The number of aromatic nitrogens is 1. The molecule has 1 N–H and O–H groups in total. The molecule has 2 bridgehead atoms. The first-order chi connectivity index (χ1) is 9.69. The standard InChI is InChI=1S/C10H16O4S.C5H5N/c1-9(2)7-3-4-10(9,8(11)5-7)6-15(12,13)14;1-2-4-6-5-3-1/h7H,3-6H2,1-2H3,(H,12,13,14);1-5H/t7-,10-;/m0./s1. The van der Waals surface area contributed by atoms with Crippen LogP contribution in [0, 0.1) is 16.7 Å². The second-order valence-electron chi connectivity index (χ2n) is 6.42. The Morgan fingerprint density at radius 1 is 1.29 bits per heavy atom. The molecule has 2 aliphatic carbocycles. The van der Waals surface area contributed by atoms with Gasteiger partial charge in [-0.15, -0.1) is 0 Å². The third-order valence-corrected chi connectivity index (χ3v) is 5.99. The Morgan fingerprint density at radius 3 is 2.19 bits per heavy atom. The van der Waals surface area contributed by atoms with E-state index in [4.69, 9.17) is 4.55 Å². The Hall–Kier alpha value is -1.27. The van der Waals surface area contributed by atoms with E-state index in [9.17, 15) is 13.2 Å². The average molecular weight is 311 g/mol. The van der Waals surface area contributed by atoms with Crippen LogP contribution in [0.4, 0.5) is 0 Å². The molecular weight excluding hydrogens is 290 g/mol. The van der Waals surface area contributed by atoms with Crippen molar-refractivity contribution in [1.29, 1.82) is 0 Å². The van der Waals surface area contributed by atoms with Crippen molar-refractivity contribution in [3.05, 3.63) is 30.6 Å². The van der Waals surface area contributed by atoms with Gasteiger partial charge in [-0.2, -0.15) is 8.42 Å². The zero-order valence-electron chi connectivity index (χ0n) is 12.3. The highest BCUT2D eigenvalue weighted by Crippen LogP contribution is 2.64. The number of carbonyl (C=O) groups excluding carboxylic acids is 1. The Bertz CT molecular complexity index is 585. The summed E-state index contributed by atoms with van der Waals surface area (Å²) in [7, 11) is -4.08. The first-order valence-corrected chi connectivity index (χ1v) is 8.63. The molecule has 5 nitrogen and oxygen atoms in total. The molecule has 1 aromatic heterocycles. The van der Waals surface area contributed by atoms with Crippen molar-refractivity contribution in [3.63, 3.8) is 0 Å². The maximum Gasteiger partial charge on any atom is 0.265 e. The van der Waals surface area contributed by atoms with Gasteiger partial charge in [-0.3, -0.25) is 14.3 Å². The average Bonchev–Trinajstić information content (AvgIpc) is 2.73. The van der Waals surface area contributed by atoms with E-state index in [1.807, 2.05) is 32.0 Å². The molecule has 6 heteroatoms. The van der Waals surface area contributed by atoms with Crippen LogP contribution in [0.15, 0.2) is 30.6 Å². The molecule has 0 radical (unpaired) electrons. The number of hydrogen-bond donors (Lipinski definition) is 1. The van der Waals surface area contributed by atoms with E-state index in [1.165, 1.54) is 0 Å². The van der Waals surface area contributed by atoms with E-state index in [-0.39, 0.29) is 17.1 Å². The van der Waals surface area contributed by atoms with Gasteiger partial charge in [0.25, 0.3) is 10.1 Å². The van der Waals surface area contributed by atoms with Gasteiger partial charge in [0.15, 0.2) is 0 Å². The minimum Gasteiger partial charge on any atom is -0.299 e. The Balaban J connectivity index is 0.000000225. The smallest absolute Gasteiger partial charge is 0.265 e. The minimum atomic E-state index is -4.08. The first-order valence-electron chi connectivity index (χ1n) is 7.02. The van der Waals surface area contributed by atoms with Crippen LogP contribution in [0.25, 0.3) is 0 Å². The molecule has 1 heterocycles. The molecule has 0 saturated heterocycles. The van der Waals surface area contributed by atoms with E-state index in [1.54, 1.807) is 12.4 Å². The van der Waals surface area contributed by atoms with Crippen LogP contribution in [0.1, 0.15) is 33.1 Å². The quantitative estimate of drug-likeness (QED) is 0.848. The summed E-state index contributed by atoms with van der Waals surface area (Å²) < 4.78 is 31.0. The van der Waals surface area contributed by atoms with E-state index < -0.39 is 21.3 Å². The van der Waals surface area contributed by atoms with Gasteiger partial charge in [-0.25, -0.2) is 0 Å². The minimum absolute atomic E-state index is 0.0152. The van der Waals surface area contributed by atoms with Crippen molar-refractivity contribution < 1.29 is 17.8 Å². The number of fused-ring (bicyclic) bond motifs is 2. The largest absolute Gasteiger partial charge is 0.299 e. The fourth-order valence-corrected chi connectivity index (χ4v) is 5.03. The summed E-state index contributed by atoms with van der Waals surface area (Å²) in [5, 5.41) is 0. The van der Waals surface area contributed by atoms with E-state index in [0.29, 0.717) is 12.8 Å². The lowest BCUT2D eigenvalue weighted by Gasteiger charge is -2.35. The normalized spacial score (nSPS) is 29.9. The van der Waals surface area contributed by atoms with Crippen LogP contribution in [-0.2, 0) is 14.9 Å². The summed E-state index contributed by atoms with van der Waals surface area (Å²) in [5.41, 5.74) is -1.12. The van der Waals surface area contributed by atoms with Gasteiger partial charge in [-0.1, -0.05) is 19.9 Å². The highest BCUT2D eigenvalue weighted by atomic mass is 32.2. The predicted octanol–water partition coefficient (Wildman–Crippen LogP) is 2.35. The third kappa shape index (κ3) is 3.01. The van der Waals surface area contributed by atoms with Crippen LogP contribution in [0.2, 0.25) is 0 Å². The molecule has 2 fully saturated rings. The molecule has 116 valence electrons. The van der Waals surface area contributed by atoms with Gasteiger partial charge in [0.05, 0.1) is 11.2 Å². The maximum atomic E-state index is 11.9. The lowest BCUT2D eigenvalue weighted by Crippen LogP contribution is -2.42. The molecule has 2 aliphatic rings. The van der Waals surface area contributed by atoms with Crippen LogP contribution in [-0.4, -0.2) is 29.5 Å². The molecule has 2 saturated carbocycles. The van der Waals surface area contributed by atoms with Crippen LogP contribution in [0.3, 0.4) is 0 Å². The van der Waals surface area contributed by atoms with E-state index in [0.717, 1.165) is 6.42 Å². The van der Waals surface area contributed by atoms with Crippen molar-refractivity contribution in [2.75, 3.05) is 5.75 Å². The van der Waals surface area contributed by atoms with Gasteiger partial charge in [0, 0.05) is 18.8 Å². The van der Waals surface area contributed by atoms with Crippen molar-refractivity contribution in [2.45, 2.75) is 33.1 Å². The highest BCUT2D eigenvalue weighted by molar-refractivity contribution is 7.85. The predicted molar refractivity (Wildman–Crippen MR) is 79.2 cm³/mol. The summed E-state index contributed by atoms with van der Waals surface area (Å²) in [6, 6.07) is 5.72. The molecule has 0 aliphatic heterocycles. The number of carbonyl (C=O) groups is 1. The SMILES string of the molecule is CC1(C)[C@H]2CC[C@]1(CS(=O)(=O)O)C(=O)C2.c1ccncc1. The third-order valence-electron chi connectivity index (χ3n) is 5.13. The molecule has 1 aromatic rings. The van der Waals surface area contributed by atoms with Crippen molar-refractivity contribution in [2.24, 2.45) is 16.7 Å². The van der Waals surface area contributed by atoms with E-state index in [2.05, 4.69) is 4.98 Å². The number of pyridine rings is 1. The molecule has 0 amide bonds. The molecule has 0 aromatic carbocycles. The fourth-order valence-electron chi connectivity index (χ4n) is 3.73. The maximum absolute atomic E-state index is 11.9. The van der Waals surface area contributed by atoms with Crippen LogP contribution in [0.5, 0.6) is 0 Å². The van der Waals surface area contributed by atoms with Crippen LogP contribution >= 0.6 is 0 Å². The van der Waals surface area contributed by atoms with Gasteiger partial charge in [0.1, 0.15) is 5.78 Å². The summed E-state index contributed by atoms with van der Waals surface area (Å²) in [6.07, 6.45) is 5.47. The van der Waals surface area contributed by atoms with Gasteiger partial charge >= 0.3 is 0 Å². The zero-order valence-corrected chi connectivity index (χ0v) is 13.1. The number of hydrogen-bond acceptors (Lipinski definition) is 4. The van der Waals surface area contributed by atoms with Gasteiger partial charge < -0.3 is 0 Å². The first kappa shape index (κ1) is 16.1. The van der Waals surface area contributed by atoms with E-state index >= 15 is 0 Å². The summed E-state index contributed by atoms with van der Waals surface area (Å²) in [5.74, 6) is -0.101. The highest BCUT2D eigenvalue weighted by Gasteiger charge is 2.65. The number of nitrogens with zero attached hydrogens (tertiary/aromatic N) is 1. The Morgan fingerprint density at radius 2 is 1.90 bits per heavy atom. The number of Topliss-reactive ketones (excluding diaryl/α,β-unsaturated/α-hetero) is 1. The fraction of sp³-hybridized carbons (Fsp3) is 0.600. The monoisotopic (exact) mass is 311 g/mol. The summed E-state index contributed by atoms with van der Waals surface area (Å²) in [4.78, 5) is 15.7. The molecule has 0 unspecified atom stereocenters. The second kappa shape index (κ2) is 5.50. The van der Waals surface area contributed by atoms with Crippen molar-refractivity contribution >= 4 is 15.9 Å². The van der Waals surface area contributed by atoms with Crippen molar-refractivity contribution in [3.8, 4) is 0 Å². The lowest BCUT2D eigenvalue weighted by molar-refractivity contribution is -0.128. The molecular formula is C15H21NO4S. The molecule has 0 spiro atoms. The Kier molecular flexibility index (Phi) is 4.22. The number of ketones is 1. The molecule has 3 rings (SSSR count). The molecule has 2 atom stereocenters. The Labute approximate surface area is 125 Å². The van der Waals surface area contributed by atoms with Gasteiger partial charge in [0.2, 0.25) is 0 Å². The molecule has 21 heavy (non-hydrogen) atoms.